The number of hydrogen-bond acceptors (Lipinski definition) is 2. The second kappa shape index (κ2) is 5.48. The maximum absolute atomic E-state index is 13.5. The molecule has 0 aliphatic carbocycles. The van der Waals surface area contributed by atoms with Crippen molar-refractivity contribution in [1.29, 1.82) is 0 Å². The van der Waals surface area contributed by atoms with Gasteiger partial charge in [0.25, 0.3) is 0 Å². The number of carbonyl (C=O) groups is 1. The maximum atomic E-state index is 13.5. The average Bonchev–Trinajstić information content (AvgIpc) is 2.35. The molecule has 0 spiro atoms. The van der Waals surface area contributed by atoms with E-state index in [0.29, 0.717) is 10.0 Å². The van der Waals surface area contributed by atoms with Crippen LogP contribution in [-0.2, 0) is 0 Å². The van der Waals surface area contributed by atoms with Crippen LogP contribution in [0, 0.1) is 11.6 Å². The van der Waals surface area contributed by atoms with E-state index in [1.165, 1.54) is 25.1 Å². The Morgan fingerprint density at radius 1 is 1.16 bits per heavy atom. The lowest BCUT2D eigenvalue weighted by atomic mass is 10.1. The highest BCUT2D eigenvalue weighted by Crippen LogP contribution is 2.31. The van der Waals surface area contributed by atoms with Crippen LogP contribution in [0.1, 0.15) is 17.3 Å². The Morgan fingerprint density at radius 2 is 1.89 bits per heavy atom. The monoisotopic (exact) mass is 326 g/mol. The highest BCUT2D eigenvalue weighted by molar-refractivity contribution is 9.10. The van der Waals surface area contributed by atoms with Gasteiger partial charge in [-0.05, 0) is 37.3 Å². The lowest BCUT2D eigenvalue weighted by Gasteiger charge is -2.10. The van der Waals surface area contributed by atoms with Gasteiger partial charge in [0.2, 0.25) is 5.82 Å². The molecule has 0 fully saturated rings. The second-order valence-corrected chi connectivity index (χ2v) is 4.77. The SMILES string of the molecule is CC(=O)c1ccc(Br)cc1Oc1cccc(F)c1F. The molecule has 0 saturated heterocycles. The summed E-state index contributed by atoms with van der Waals surface area (Å²) < 4.78 is 32.6. The molecule has 0 radical (unpaired) electrons. The van der Waals surface area contributed by atoms with Crippen molar-refractivity contribution in [2.45, 2.75) is 6.92 Å². The molecule has 0 heterocycles. The highest BCUT2D eigenvalue weighted by Gasteiger charge is 2.14. The predicted molar refractivity (Wildman–Crippen MR) is 70.6 cm³/mol. The first kappa shape index (κ1) is 13.7. The van der Waals surface area contributed by atoms with Crippen LogP contribution < -0.4 is 4.74 Å². The molecule has 0 amide bonds. The Balaban J connectivity index is 2.45. The first-order chi connectivity index (χ1) is 8.99. The second-order valence-electron chi connectivity index (χ2n) is 3.85. The van der Waals surface area contributed by atoms with Crippen molar-refractivity contribution in [2.75, 3.05) is 0 Å². The minimum atomic E-state index is -1.09. The molecule has 0 atom stereocenters. The van der Waals surface area contributed by atoms with E-state index in [1.807, 2.05) is 0 Å². The third-order valence-corrected chi connectivity index (χ3v) is 2.95. The number of rotatable bonds is 3. The summed E-state index contributed by atoms with van der Waals surface area (Å²) >= 11 is 3.23. The zero-order chi connectivity index (χ0) is 14.0. The number of benzene rings is 2. The topological polar surface area (TPSA) is 26.3 Å². The number of Topliss-reactive ketones (excluding diaryl/α,β-unsaturated/α-hetero) is 1. The summed E-state index contributed by atoms with van der Waals surface area (Å²) in [7, 11) is 0. The Kier molecular flexibility index (Phi) is 3.95. The van der Waals surface area contributed by atoms with E-state index < -0.39 is 11.6 Å². The fraction of sp³-hybridized carbons (Fsp3) is 0.0714. The van der Waals surface area contributed by atoms with E-state index >= 15 is 0 Å². The normalized spacial score (nSPS) is 10.3. The van der Waals surface area contributed by atoms with Gasteiger partial charge in [-0.15, -0.1) is 0 Å². The fourth-order valence-corrected chi connectivity index (χ4v) is 1.89. The molecule has 2 nitrogen and oxygen atoms in total. The van der Waals surface area contributed by atoms with E-state index in [2.05, 4.69) is 15.9 Å². The van der Waals surface area contributed by atoms with Crippen LogP contribution in [0.2, 0.25) is 0 Å². The molecule has 0 saturated carbocycles. The summed E-state index contributed by atoms with van der Waals surface area (Å²) in [5.74, 6) is -2.40. The number of hydrogen-bond donors (Lipinski definition) is 0. The average molecular weight is 327 g/mol. The van der Waals surface area contributed by atoms with Crippen LogP contribution in [0.3, 0.4) is 0 Å². The van der Waals surface area contributed by atoms with Crippen LogP contribution in [0.15, 0.2) is 40.9 Å². The molecular weight excluding hydrogens is 318 g/mol. The third kappa shape index (κ3) is 2.98. The summed E-state index contributed by atoms with van der Waals surface area (Å²) in [5.41, 5.74) is 0.298. The standard InChI is InChI=1S/C14H9BrF2O2/c1-8(18)10-6-5-9(15)7-13(10)19-12-4-2-3-11(16)14(12)17/h2-7H,1H3. The van der Waals surface area contributed by atoms with Crippen molar-refractivity contribution >= 4 is 21.7 Å². The number of ether oxygens (including phenoxy) is 1. The van der Waals surface area contributed by atoms with Crippen molar-refractivity contribution in [3.8, 4) is 11.5 Å². The minimum Gasteiger partial charge on any atom is -0.453 e. The predicted octanol–water partition coefficient (Wildman–Crippen LogP) is 4.72. The Hall–Kier alpha value is -1.75. The van der Waals surface area contributed by atoms with Crippen LogP contribution in [0.4, 0.5) is 8.78 Å². The fourth-order valence-electron chi connectivity index (χ4n) is 1.55. The lowest BCUT2D eigenvalue weighted by Crippen LogP contribution is -1.99. The molecule has 2 rings (SSSR count). The van der Waals surface area contributed by atoms with Gasteiger partial charge in [0.05, 0.1) is 5.56 Å². The van der Waals surface area contributed by atoms with Gasteiger partial charge < -0.3 is 4.74 Å². The van der Waals surface area contributed by atoms with E-state index in [1.54, 1.807) is 12.1 Å². The zero-order valence-corrected chi connectivity index (χ0v) is 11.5. The Morgan fingerprint density at radius 3 is 2.58 bits per heavy atom. The maximum Gasteiger partial charge on any atom is 0.201 e. The molecule has 0 aliphatic rings. The molecule has 2 aromatic carbocycles. The first-order valence-electron chi connectivity index (χ1n) is 5.41. The van der Waals surface area contributed by atoms with Gasteiger partial charge in [0, 0.05) is 4.47 Å². The largest absolute Gasteiger partial charge is 0.453 e. The molecule has 2 aromatic rings. The van der Waals surface area contributed by atoms with Gasteiger partial charge in [0.1, 0.15) is 5.75 Å². The van der Waals surface area contributed by atoms with E-state index in [4.69, 9.17) is 4.74 Å². The number of ketones is 1. The van der Waals surface area contributed by atoms with E-state index in [-0.39, 0.29) is 17.3 Å². The van der Waals surface area contributed by atoms with Gasteiger partial charge in [-0.25, -0.2) is 4.39 Å². The van der Waals surface area contributed by atoms with Crippen molar-refractivity contribution < 1.29 is 18.3 Å². The third-order valence-electron chi connectivity index (χ3n) is 2.46. The zero-order valence-electron chi connectivity index (χ0n) is 9.91. The van der Waals surface area contributed by atoms with Gasteiger partial charge in [-0.2, -0.15) is 4.39 Å². The number of halogens is 3. The van der Waals surface area contributed by atoms with Crippen molar-refractivity contribution in [1.82, 2.24) is 0 Å². The molecule has 98 valence electrons. The molecule has 0 N–H and O–H groups in total. The van der Waals surface area contributed by atoms with Gasteiger partial charge >= 0.3 is 0 Å². The Bertz CT molecular complexity index is 641. The minimum absolute atomic E-state index is 0.173. The van der Waals surface area contributed by atoms with Crippen molar-refractivity contribution in [3.63, 3.8) is 0 Å². The van der Waals surface area contributed by atoms with Gasteiger partial charge in [-0.1, -0.05) is 22.0 Å². The van der Waals surface area contributed by atoms with Crippen molar-refractivity contribution in [2.24, 2.45) is 0 Å². The van der Waals surface area contributed by atoms with Crippen LogP contribution in [0.5, 0.6) is 11.5 Å². The molecule has 19 heavy (non-hydrogen) atoms. The Labute approximate surface area is 117 Å². The molecule has 0 aromatic heterocycles. The first-order valence-corrected chi connectivity index (χ1v) is 6.20. The lowest BCUT2D eigenvalue weighted by molar-refractivity contribution is 0.101. The van der Waals surface area contributed by atoms with E-state index in [0.717, 1.165) is 6.07 Å². The summed E-state index contributed by atoms with van der Waals surface area (Å²) in [6.45, 7) is 1.37. The number of carbonyl (C=O) groups excluding carboxylic acids is 1. The summed E-state index contributed by atoms with van der Waals surface area (Å²) in [6, 6.07) is 8.38. The summed E-state index contributed by atoms with van der Waals surface area (Å²) in [5, 5.41) is 0. The molecule has 0 unspecified atom stereocenters. The smallest absolute Gasteiger partial charge is 0.201 e. The molecular formula is C14H9BrF2O2. The quantitative estimate of drug-likeness (QED) is 0.763. The molecule has 5 heteroatoms. The summed E-state index contributed by atoms with van der Waals surface area (Å²) in [4.78, 5) is 11.5. The molecule has 0 aliphatic heterocycles. The van der Waals surface area contributed by atoms with Crippen LogP contribution >= 0.6 is 15.9 Å². The highest BCUT2D eigenvalue weighted by atomic mass is 79.9. The van der Waals surface area contributed by atoms with Gasteiger partial charge in [-0.3, -0.25) is 4.79 Å². The van der Waals surface area contributed by atoms with Gasteiger partial charge in [0.15, 0.2) is 17.3 Å². The van der Waals surface area contributed by atoms with Crippen LogP contribution in [0.25, 0.3) is 0 Å². The van der Waals surface area contributed by atoms with Crippen LogP contribution in [-0.4, -0.2) is 5.78 Å². The summed E-state index contributed by atoms with van der Waals surface area (Å²) in [6.07, 6.45) is 0. The van der Waals surface area contributed by atoms with E-state index in [9.17, 15) is 13.6 Å². The van der Waals surface area contributed by atoms with Crippen molar-refractivity contribution in [3.05, 3.63) is 58.1 Å². The molecule has 0 bridgehead atoms.